The topological polar surface area (TPSA) is 40.5 Å². The monoisotopic (exact) mass is 349 g/mol. The molecule has 0 aliphatic carbocycles. The van der Waals surface area contributed by atoms with Gasteiger partial charge in [-0.15, -0.1) is 0 Å². The number of alkyl halides is 1. The van der Waals surface area contributed by atoms with E-state index in [9.17, 15) is 9.90 Å². The molecular formula is C11H13Br2NO2. The molecule has 5 heteroatoms. The van der Waals surface area contributed by atoms with Gasteiger partial charge in [0, 0.05) is 24.0 Å². The molecule has 0 heterocycles. The molecule has 0 aliphatic rings. The van der Waals surface area contributed by atoms with E-state index in [0.29, 0.717) is 23.1 Å². The van der Waals surface area contributed by atoms with Gasteiger partial charge in [-0.25, -0.2) is 0 Å². The third-order valence-electron chi connectivity index (χ3n) is 2.22. The number of hydrogen-bond acceptors (Lipinski definition) is 2. The number of phenolic OH excluding ortho intramolecular Hbond substituents is 1. The second kappa shape index (κ2) is 6.25. The molecule has 3 nitrogen and oxygen atoms in total. The summed E-state index contributed by atoms with van der Waals surface area (Å²) in [5.74, 6) is 0.0190. The zero-order valence-corrected chi connectivity index (χ0v) is 12.1. The van der Waals surface area contributed by atoms with E-state index in [-0.39, 0.29) is 11.7 Å². The SMILES string of the molecule is CCN(CCBr)C(=O)c1ccc(Br)c(O)c1. The Morgan fingerprint density at radius 1 is 1.50 bits per heavy atom. The first kappa shape index (κ1) is 13.5. The van der Waals surface area contributed by atoms with Crippen molar-refractivity contribution in [2.24, 2.45) is 0 Å². The van der Waals surface area contributed by atoms with E-state index in [1.807, 2.05) is 6.92 Å². The lowest BCUT2D eigenvalue weighted by Crippen LogP contribution is -2.32. The molecule has 0 saturated carbocycles. The lowest BCUT2D eigenvalue weighted by molar-refractivity contribution is 0.0774. The molecule has 1 amide bonds. The van der Waals surface area contributed by atoms with Gasteiger partial charge in [-0.3, -0.25) is 4.79 Å². The van der Waals surface area contributed by atoms with Gasteiger partial charge < -0.3 is 10.0 Å². The molecule has 1 rings (SSSR count). The van der Waals surface area contributed by atoms with Crippen LogP contribution in [0.25, 0.3) is 0 Å². The van der Waals surface area contributed by atoms with Crippen LogP contribution < -0.4 is 0 Å². The Morgan fingerprint density at radius 2 is 2.19 bits per heavy atom. The van der Waals surface area contributed by atoms with Gasteiger partial charge in [0.1, 0.15) is 5.75 Å². The average Bonchev–Trinajstić information content (AvgIpc) is 2.28. The summed E-state index contributed by atoms with van der Waals surface area (Å²) < 4.78 is 0.590. The second-order valence-corrected chi connectivity index (χ2v) is 4.89. The van der Waals surface area contributed by atoms with Crippen LogP contribution >= 0.6 is 31.9 Å². The van der Waals surface area contributed by atoms with Crippen LogP contribution in [0, 0.1) is 0 Å². The van der Waals surface area contributed by atoms with E-state index in [1.165, 1.54) is 6.07 Å². The van der Waals surface area contributed by atoms with E-state index in [0.717, 1.165) is 5.33 Å². The third-order valence-corrected chi connectivity index (χ3v) is 3.24. The quantitative estimate of drug-likeness (QED) is 0.848. The van der Waals surface area contributed by atoms with Crippen LogP contribution in [-0.2, 0) is 0 Å². The Bertz CT molecular complexity index is 382. The van der Waals surface area contributed by atoms with Crippen molar-refractivity contribution in [2.75, 3.05) is 18.4 Å². The maximum atomic E-state index is 12.0. The molecule has 1 aromatic carbocycles. The Labute approximate surface area is 112 Å². The van der Waals surface area contributed by atoms with Gasteiger partial charge in [0.2, 0.25) is 0 Å². The van der Waals surface area contributed by atoms with Crippen molar-refractivity contribution in [3.05, 3.63) is 28.2 Å². The van der Waals surface area contributed by atoms with Crippen molar-refractivity contribution in [2.45, 2.75) is 6.92 Å². The summed E-state index contributed by atoms with van der Waals surface area (Å²) in [6.45, 7) is 3.24. The first-order valence-electron chi connectivity index (χ1n) is 4.94. The largest absolute Gasteiger partial charge is 0.507 e. The van der Waals surface area contributed by atoms with Crippen molar-refractivity contribution < 1.29 is 9.90 Å². The molecular weight excluding hydrogens is 338 g/mol. The number of carbonyl (C=O) groups excluding carboxylic acids is 1. The van der Waals surface area contributed by atoms with Crippen LogP contribution in [0.15, 0.2) is 22.7 Å². The molecule has 0 fully saturated rings. The fourth-order valence-electron chi connectivity index (χ4n) is 1.33. The summed E-state index contributed by atoms with van der Waals surface area (Å²) in [5.41, 5.74) is 0.503. The molecule has 0 unspecified atom stereocenters. The molecule has 0 aromatic heterocycles. The van der Waals surface area contributed by atoms with Gasteiger partial charge >= 0.3 is 0 Å². The predicted molar refractivity (Wildman–Crippen MR) is 71.2 cm³/mol. The fourth-order valence-corrected chi connectivity index (χ4v) is 2.01. The van der Waals surface area contributed by atoms with Crippen LogP contribution in [0.2, 0.25) is 0 Å². The first-order chi connectivity index (χ1) is 7.60. The number of nitrogens with zero attached hydrogens (tertiary/aromatic N) is 1. The van der Waals surface area contributed by atoms with Crippen LogP contribution in [0.1, 0.15) is 17.3 Å². The summed E-state index contributed by atoms with van der Waals surface area (Å²) in [6, 6.07) is 4.84. The summed E-state index contributed by atoms with van der Waals surface area (Å²) in [6.07, 6.45) is 0. The Hall–Kier alpha value is -0.550. The highest BCUT2D eigenvalue weighted by Gasteiger charge is 2.14. The molecule has 0 saturated heterocycles. The van der Waals surface area contributed by atoms with Crippen molar-refractivity contribution in [1.82, 2.24) is 4.90 Å². The Balaban J connectivity index is 2.90. The molecule has 1 N–H and O–H groups in total. The van der Waals surface area contributed by atoms with Gasteiger partial charge in [0.25, 0.3) is 5.91 Å². The number of phenols is 1. The molecule has 0 atom stereocenters. The first-order valence-corrected chi connectivity index (χ1v) is 6.85. The Morgan fingerprint density at radius 3 is 2.69 bits per heavy atom. The zero-order valence-electron chi connectivity index (χ0n) is 8.91. The van der Waals surface area contributed by atoms with E-state index in [2.05, 4.69) is 31.9 Å². The number of halogens is 2. The summed E-state index contributed by atoms with van der Waals surface area (Å²) >= 11 is 6.49. The lowest BCUT2D eigenvalue weighted by Gasteiger charge is -2.19. The smallest absolute Gasteiger partial charge is 0.254 e. The predicted octanol–water partition coefficient (Wildman–Crippen LogP) is 3.01. The number of amides is 1. The highest BCUT2D eigenvalue weighted by Crippen LogP contribution is 2.24. The summed E-state index contributed by atoms with van der Waals surface area (Å²) in [7, 11) is 0. The van der Waals surface area contributed by atoms with Crippen molar-refractivity contribution in [1.29, 1.82) is 0 Å². The molecule has 0 bridgehead atoms. The van der Waals surface area contributed by atoms with Gasteiger partial charge in [-0.2, -0.15) is 0 Å². The third kappa shape index (κ3) is 3.22. The highest BCUT2D eigenvalue weighted by molar-refractivity contribution is 9.10. The van der Waals surface area contributed by atoms with Crippen molar-refractivity contribution in [3.63, 3.8) is 0 Å². The maximum absolute atomic E-state index is 12.0. The molecule has 1 aromatic rings. The van der Waals surface area contributed by atoms with E-state index in [4.69, 9.17) is 0 Å². The van der Waals surface area contributed by atoms with Crippen molar-refractivity contribution >= 4 is 37.8 Å². The fraction of sp³-hybridized carbons (Fsp3) is 0.364. The van der Waals surface area contributed by atoms with Gasteiger partial charge in [-0.05, 0) is 41.1 Å². The van der Waals surface area contributed by atoms with Gasteiger partial charge in [-0.1, -0.05) is 15.9 Å². The summed E-state index contributed by atoms with van der Waals surface area (Å²) in [4.78, 5) is 13.7. The standard InChI is InChI=1S/C11H13Br2NO2/c1-2-14(6-5-12)11(16)8-3-4-9(13)10(15)7-8/h3-4,7,15H,2,5-6H2,1H3. The second-order valence-electron chi connectivity index (χ2n) is 3.24. The molecule has 16 heavy (non-hydrogen) atoms. The molecule has 0 radical (unpaired) electrons. The molecule has 0 spiro atoms. The minimum absolute atomic E-state index is 0.0650. The number of benzene rings is 1. The summed E-state index contributed by atoms with van der Waals surface area (Å²) in [5, 5.41) is 10.3. The maximum Gasteiger partial charge on any atom is 0.254 e. The van der Waals surface area contributed by atoms with E-state index < -0.39 is 0 Å². The number of carbonyl (C=O) groups is 1. The van der Waals surface area contributed by atoms with Gasteiger partial charge in [0.05, 0.1) is 4.47 Å². The van der Waals surface area contributed by atoms with Crippen LogP contribution in [0.4, 0.5) is 0 Å². The van der Waals surface area contributed by atoms with Gasteiger partial charge in [0.15, 0.2) is 0 Å². The lowest BCUT2D eigenvalue weighted by atomic mass is 10.2. The van der Waals surface area contributed by atoms with Crippen molar-refractivity contribution in [3.8, 4) is 5.75 Å². The number of aromatic hydroxyl groups is 1. The van der Waals surface area contributed by atoms with Crippen LogP contribution in [-0.4, -0.2) is 34.3 Å². The highest BCUT2D eigenvalue weighted by atomic mass is 79.9. The minimum Gasteiger partial charge on any atom is -0.507 e. The van der Waals surface area contributed by atoms with E-state index >= 15 is 0 Å². The number of hydrogen-bond donors (Lipinski definition) is 1. The van der Waals surface area contributed by atoms with E-state index in [1.54, 1.807) is 17.0 Å². The Kier molecular flexibility index (Phi) is 5.28. The van der Waals surface area contributed by atoms with Crippen LogP contribution in [0.3, 0.4) is 0 Å². The minimum atomic E-state index is -0.0650. The zero-order chi connectivity index (χ0) is 12.1. The normalized spacial score (nSPS) is 10.2. The molecule has 0 aliphatic heterocycles. The molecule has 88 valence electrons. The van der Waals surface area contributed by atoms with Crippen LogP contribution in [0.5, 0.6) is 5.75 Å². The number of rotatable bonds is 4. The average molecular weight is 351 g/mol.